The van der Waals surface area contributed by atoms with E-state index in [1.54, 1.807) is 6.92 Å². The lowest BCUT2D eigenvalue weighted by Gasteiger charge is -2.28. The molecule has 162 valence electrons. The zero-order chi connectivity index (χ0) is 20.3. The highest BCUT2D eigenvalue weighted by Crippen LogP contribution is 2.28. The molecule has 2 unspecified atom stereocenters. The summed E-state index contributed by atoms with van der Waals surface area (Å²) >= 11 is 0. The second-order valence-electron chi connectivity index (χ2n) is 6.91. The number of fused-ring (bicyclic) bond motifs is 2. The van der Waals surface area contributed by atoms with E-state index in [1.165, 1.54) is 6.42 Å². The number of piperazine rings is 1. The van der Waals surface area contributed by atoms with Crippen LogP contribution >= 0.6 is 0 Å². The van der Waals surface area contributed by atoms with Crippen LogP contribution < -0.4 is 15.0 Å². The van der Waals surface area contributed by atoms with Crippen LogP contribution in [0.1, 0.15) is 13.3 Å². The molecule has 2 bridgehead atoms. The zero-order valence-corrected chi connectivity index (χ0v) is 17.0. The molecule has 29 heavy (non-hydrogen) atoms. The van der Waals surface area contributed by atoms with Crippen molar-refractivity contribution in [1.29, 1.82) is 0 Å². The van der Waals surface area contributed by atoms with Crippen LogP contribution in [0.2, 0.25) is 0 Å². The molecule has 1 aromatic heterocycles. The fraction of sp³-hybridized carbons (Fsp3) is 0.700. The van der Waals surface area contributed by atoms with E-state index >= 15 is 0 Å². The van der Waals surface area contributed by atoms with Crippen LogP contribution in [0.4, 0.5) is 5.82 Å². The Morgan fingerprint density at radius 1 is 1.14 bits per heavy atom. The lowest BCUT2D eigenvalue weighted by molar-refractivity contribution is -0.148. The average molecular weight is 409 g/mol. The second-order valence-corrected chi connectivity index (χ2v) is 6.91. The van der Waals surface area contributed by atoms with Gasteiger partial charge in [0.05, 0.1) is 39.6 Å². The maximum absolute atomic E-state index is 11.1. The first-order chi connectivity index (χ1) is 14.3. The minimum atomic E-state index is -0.361. The minimum absolute atomic E-state index is 0.0455. The third kappa shape index (κ3) is 7.11. The van der Waals surface area contributed by atoms with E-state index < -0.39 is 0 Å². The fourth-order valence-corrected chi connectivity index (χ4v) is 3.49. The van der Waals surface area contributed by atoms with Crippen molar-refractivity contribution in [3.8, 4) is 5.88 Å². The first-order valence-electron chi connectivity index (χ1n) is 10.2. The molecule has 3 heterocycles. The van der Waals surface area contributed by atoms with Crippen molar-refractivity contribution in [2.24, 2.45) is 0 Å². The number of carbonyl (C=O) groups excluding carboxylic acids is 1. The summed E-state index contributed by atoms with van der Waals surface area (Å²) in [7, 11) is 0. The number of anilines is 1. The topological polar surface area (TPSA) is 91.4 Å². The van der Waals surface area contributed by atoms with Gasteiger partial charge in [0.15, 0.2) is 0 Å². The predicted molar refractivity (Wildman–Crippen MR) is 106 cm³/mol. The molecule has 0 radical (unpaired) electrons. The maximum atomic E-state index is 11.1. The summed E-state index contributed by atoms with van der Waals surface area (Å²) in [5, 5.41) is 3.50. The smallest absolute Gasteiger partial charge is 0.332 e. The normalized spacial score (nSPS) is 20.2. The van der Waals surface area contributed by atoms with E-state index in [0.717, 1.165) is 18.9 Å². The Morgan fingerprint density at radius 2 is 1.90 bits per heavy atom. The quantitative estimate of drug-likeness (QED) is 0.351. The number of nitrogens with one attached hydrogen (secondary N) is 1. The molecule has 2 saturated heterocycles. The highest BCUT2D eigenvalue weighted by atomic mass is 16.6. The van der Waals surface area contributed by atoms with Crippen molar-refractivity contribution in [3.63, 3.8) is 0 Å². The van der Waals surface area contributed by atoms with Gasteiger partial charge in [0, 0.05) is 31.2 Å². The zero-order valence-electron chi connectivity index (χ0n) is 17.0. The Morgan fingerprint density at radius 3 is 2.59 bits per heavy atom. The van der Waals surface area contributed by atoms with Gasteiger partial charge in [-0.15, -0.1) is 0 Å². The Balaban J connectivity index is 1.18. The highest BCUT2D eigenvalue weighted by molar-refractivity contribution is 5.70. The van der Waals surface area contributed by atoms with Crippen LogP contribution in [-0.4, -0.2) is 89.0 Å². The van der Waals surface area contributed by atoms with Crippen molar-refractivity contribution in [1.82, 2.24) is 10.3 Å². The summed E-state index contributed by atoms with van der Waals surface area (Å²) < 4.78 is 26.5. The maximum Gasteiger partial charge on any atom is 0.332 e. The third-order valence-electron chi connectivity index (χ3n) is 4.81. The van der Waals surface area contributed by atoms with Gasteiger partial charge in [-0.25, -0.2) is 4.79 Å². The summed E-state index contributed by atoms with van der Waals surface area (Å²) in [6.07, 6.45) is 1.19. The molecular weight excluding hydrogens is 378 g/mol. The summed E-state index contributed by atoms with van der Waals surface area (Å²) in [6, 6.07) is 7.02. The molecule has 1 N–H and O–H groups in total. The number of rotatable bonds is 14. The molecule has 3 rings (SSSR count). The van der Waals surface area contributed by atoms with E-state index in [-0.39, 0.29) is 12.6 Å². The van der Waals surface area contributed by atoms with Gasteiger partial charge in [-0.1, -0.05) is 6.07 Å². The van der Waals surface area contributed by atoms with Gasteiger partial charge in [-0.05, 0) is 19.4 Å². The van der Waals surface area contributed by atoms with E-state index in [2.05, 4.69) is 15.2 Å². The molecule has 0 saturated carbocycles. The van der Waals surface area contributed by atoms with E-state index in [0.29, 0.717) is 64.2 Å². The number of hydrogen-bond donors (Lipinski definition) is 1. The largest absolute Gasteiger partial charge is 0.475 e. The molecule has 9 heteroatoms. The number of aromatic nitrogens is 1. The van der Waals surface area contributed by atoms with Crippen LogP contribution in [0.15, 0.2) is 18.2 Å². The Labute approximate surface area is 171 Å². The van der Waals surface area contributed by atoms with Crippen molar-refractivity contribution in [2.75, 3.05) is 70.8 Å². The summed E-state index contributed by atoms with van der Waals surface area (Å²) in [5.41, 5.74) is 0. The van der Waals surface area contributed by atoms with E-state index in [1.807, 2.05) is 18.2 Å². The molecule has 9 nitrogen and oxygen atoms in total. The summed E-state index contributed by atoms with van der Waals surface area (Å²) in [5.74, 6) is 1.24. The van der Waals surface area contributed by atoms with Crippen molar-refractivity contribution in [2.45, 2.75) is 25.4 Å². The fourth-order valence-electron chi connectivity index (χ4n) is 3.49. The van der Waals surface area contributed by atoms with Crippen LogP contribution in [0.5, 0.6) is 5.88 Å². The molecule has 0 aliphatic carbocycles. The number of esters is 1. The lowest BCUT2D eigenvalue weighted by Crippen LogP contribution is -2.44. The van der Waals surface area contributed by atoms with Gasteiger partial charge in [0.1, 0.15) is 19.0 Å². The molecule has 2 fully saturated rings. The molecule has 2 aliphatic heterocycles. The predicted octanol–water partition coefficient (Wildman–Crippen LogP) is 0.624. The number of carbonyl (C=O) groups is 1. The van der Waals surface area contributed by atoms with Crippen LogP contribution in [0, 0.1) is 0 Å². The van der Waals surface area contributed by atoms with Gasteiger partial charge in [-0.2, -0.15) is 4.98 Å². The lowest BCUT2D eigenvalue weighted by atomic mass is 10.2. The van der Waals surface area contributed by atoms with Gasteiger partial charge >= 0.3 is 5.97 Å². The Hall–Kier alpha value is -1.94. The van der Waals surface area contributed by atoms with E-state index in [9.17, 15) is 4.79 Å². The Bertz CT molecular complexity index is 632. The van der Waals surface area contributed by atoms with E-state index in [4.69, 9.17) is 23.7 Å². The van der Waals surface area contributed by atoms with Gasteiger partial charge in [-0.3, -0.25) is 0 Å². The van der Waals surface area contributed by atoms with Crippen molar-refractivity contribution >= 4 is 11.8 Å². The molecule has 2 aliphatic rings. The number of ether oxygens (including phenoxy) is 5. The standard InChI is InChI=1S/C20H31N3O6/c1-2-28-20(24)15-27-9-8-25-6-7-26-10-11-29-19-5-3-4-18(22-19)23-14-16-12-17(23)13-21-16/h3-5,16-17,21H,2,6-15H2,1H3. The third-order valence-corrected chi connectivity index (χ3v) is 4.81. The molecule has 0 aromatic carbocycles. The first-order valence-corrected chi connectivity index (χ1v) is 10.2. The molecule has 0 amide bonds. The van der Waals surface area contributed by atoms with Crippen molar-refractivity contribution in [3.05, 3.63) is 18.2 Å². The highest BCUT2D eigenvalue weighted by Gasteiger charge is 2.38. The molecule has 1 aromatic rings. The SMILES string of the molecule is CCOC(=O)COCCOCCOCCOc1cccc(N2CC3CC2CN3)n1. The van der Waals surface area contributed by atoms with Crippen molar-refractivity contribution < 1.29 is 28.5 Å². The first kappa shape index (κ1) is 21.8. The number of hydrogen-bond acceptors (Lipinski definition) is 9. The second kappa shape index (κ2) is 11.9. The van der Waals surface area contributed by atoms with Crippen LogP contribution in [0.25, 0.3) is 0 Å². The summed E-state index contributed by atoms with van der Waals surface area (Å²) in [4.78, 5) is 18.0. The molecule has 2 atom stereocenters. The van der Waals surface area contributed by atoms with Gasteiger partial charge in [0.2, 0.25) is 5.88 Å². The average Bonchev–Trinajstić information content (AvgIpc) is 3.36. The number of pyridine rings is 1. The number of nitrogens with zero attached hydrogens (tertiary/aromatic N) is 2. The summed E-state index contributed by atoms with van der Waals surface area (Å²) in [6.45, 7) is 6.70. The van der Waals surface area contributed by atoms with Crippen LogP contribution in [-0.2, 0) is 23.7 Å². The van der Waals surface area contributed by atoms with Gasteiger partial charge < -0.3 is 33.9 Å². The minimum Gasteiger partial charge on any atom is -0.475 e. The van der Waals surface area contributed by atoms with Crippen LogP contribution in [0.3, 0.4) is 0 Å². The Kier molecular flexibility index (Phi) is 8.94. The molecular formula is C20H31N3O6. The van der Waals surface area contributed by atoms with Gasteiger partial charge in [0.25, 0.3) is 0 Å². The molecule has 0 spiro atoms. The monoisotopic (exact) mass is 409 g/mol.